The van der Waals surface area contributed by atoms with Gasteiger partial charge in [-0.15, -0.1) is 0 Å². The van der Waals surface area contributed by atoms with Crippen molar-refractivity contribution in [2.75, 3.05) is 18.0 Å². The van der Waals surface area contributed by atoms with Gasteiger partial charge in [-0.25, -0.2) is 4.39 Å². The van der Waals surface area contributed by atoms with E-state index in [-0.39, 0.29) is 23.7 Å². The average molecular weight is 327 g/mol. The predicted molar refractivity (Wildman–Crippen MR) is 88.8 cm³/mol. The highest BCUT2D eigenvalue weighted by Crippen LogP contribution is 2.26. The van der Waals surface area contributed by atoms with Crippen molar-refractivity contribution in [1.29, 1.82) is 5.26 Å². The highest BCUT2D eigenvalue weighted by atomic mass is 19.1. The summed E-state index contributed by atoms with van der Waals surface area (Å²) in [6.07, 6.45) is 3.55. The molecule has 0 aliphatic carbocycles. The van der Waals surface area contributed by atoms with Gasteiger partial charge in [0.25, 0.3) is 0 Å². The number of aromatic nitrogens is 1. The van der Waals surface area contributed by atoms with E-state index in [2.05, 4.69) is 11.1 Å². The molecule has 2 aromatic rings. The van der Waals surface area contributed by atoms with E-state index < -0.39 is 0 Å². The molecule has 0 unspecified atom stereocenters. The van der Waals surface area contributed by atoms with E-state index in [9.17, 15) is 9.65 Å². The zero-order valence-corrected chi connectivity index (χ0v) is 13.6. The number of nitriles is 1. The Kier molecular flexibility index (Phi) is 4.63. The molecule has 1 aromatic heterocycles. The number of benzene rings is 1. The van der Waals surface area contributed by atoms with Crippen LogP contribution in [0, 0.1) is 17.1 Å². The monoisotopic (exact) mass is 327 g/mol. The van der Waals surface area contributed by atoms with Crippen LogP contribution >= 0.6 is 0 Å². The van der Waals surface area contributed by atoms with Crippen LogP contribution in [-0.2, 0) is 4.74 Å². The first-order chi connectivity index (χ1) is 11.5. The summed E-state index contributed by atoms with van der Waals surface area (Å²) in [5, 5.41) is 9.31. The Labute approximate surface area is 140 Å². The molecule has 3 rings (SSSR count). The average Bonchev–Trinajstić information content (AvgIpc) is 2.97. The quantitative estimate of drug-likeness (QED) is 0.864. The van der Waals surface area contributed by atoms with Crippen molar-refractivity contribution in [3.63, 3.8) is 0 Å². The maximum absolute atomic E-state index is 12.9. The molecule has 1 aliphatic heterocycles. The van der Waals surface area contributed by atoms with Crippen LogP contribution in [0.2, 0.25) is 0 Å². The summed E-state index contributed by atoms with van der Waals surface area (Å²) < 4.78 is 24.4. The van der Waals surface area contributed by atoms with Crippen molar-refractivity contribution < 1.29 is 13.5 Å². The Hall–Kier alpha value is -2.65. The van der Waals surface area contributed by atoms with Gasteiger partial charge in [-0.05, 0) is 37.6 Å². The fourth-order valence-electron chi connectivity index (χ4n) is 2.77. The van der Waals surface area contributed by atoms with Gasteiger partial charge in [0.2, 0.25) is 17.5 Å². The van der Waals surface area contributed by atoms with E-state index in [1.54, 1.807) is 24.3 Å². The van der Waals surface area contributed by atoms with Gasteiger partial charge in [0.15, 0.2) is 0 Å². The van der Waals surface area contributed by atoms with Crippen LogP contribution in [0.5, 0.6) is 0 Å². The molecular weight excluding hydrogens is 309 g/mol. The topological polar surface area (TPSA) is 62.3 Å². The number of anilines is 1. The van der Waals surface area contributed by atoms with E-state index >= 15 is 0 Å². The first kappa shape index (κ1) is 16.2. The van der Waals surface area contributed by atoms with Crippen LogP contribution in [0.1, 0.15) is 31.0 Å². The first-order valence-corrected chi connectivity index (χ1v) is 7.80. The Balaban J connectivity index is 1.82. The Morgan fingerprint density at radius 1 is 1.21 bits per heavy atom. The predicted octanol–water partition coefficient (Wildman–Crippen LogP) is 3.47. The lowest BCUT2D eigenvalue weighted by Crippen LogP contribution is -2.45. The molecule has 5 nitrogen and oxygen atoms in total. The summed E-state index contributed by atoms with van der Waals surface area (Å²) in [5.41, 5.74) is 1.08. The molecule has 0 amide bonds. The van der Waals surface area contributed by atoms with Crippen LogP contribution < -0.4 is 4.90 Å². The van der Waals surface area contributed by atoms with E-state index in [0.29, 0.717) is 24.9 Å². The maximum Gasteiger partial charge on any atom is 0.235 e. The number of nitrogens with zero attached hydrogens (tertiary/aromatic N) is 3. The largest absolute Gasteiger partial charge is 0.420 e. The van der Waals surface area contributed by atoms with Gasteiger partial charge in [-0.3, -0.25) is 0 Å². The van der Waals surface area contributed by atoms with Gasteiger partial charge < -0.3 is 14.1 Å². The number of rotatable bonds is 3. The molecular formula is C18H18FN3O2. The summed E-state index contributed by atoms with van der Waals surface area (Å²) >= 11 is 0. The van der Waals surface area contributed by atoms with E-state index in [1.807, 2.05) is 18.7 Å². The van der Waals surface area contributed by atoms with Crippen LogP contribution in [0.25, 0.3) is 12.2 Å². The lowest BCUT2D eigenvalue weighted by Gasteiger charge is -2.34. The van der Waals surface area contributed by atoms with Crippen LogP contribution in [-0.4, -0.2) is 30.3 Å². The van der Waals surface area contributed by atoms with E-state index in [4.69, 9.17) is 9.15 Å². The highest BCUT2D eigenvalue weighted by Gasteiger charge is 2.27. The lowest BCUT2D eigenvalue weighted by atomic mass is 10.2. The number of oxazole rings is 1. The fraction of sp³-hybridized carbons (Fsp3) is 0.333. The molecule has 0 N–H and O–H groups in total. The maximum atomic E-state index is 12.9. The minimum Gasteiger partial charge on any atom is -0.420 e. The molecule has 2 atom stereocenters. The summed E-state index contributed by atoms with van der Waals surface area (Å²) in [4.78, 5) is 6.20. The minimum absolute atomic E-state index is 0.0589. The van der Waals surface area contributed by atoms with Crippen molar-refractivity contribution in [3.8, 4) is 6.07 Å². The third kappa shape index (κ3) is 3.63. The van der Waals surface area contributed by atoms with Crippen molar-refractivity contribution in [2.45, 2.75) is 26.1 Å². The second-order valence-electron chi connectivity index (χ2n) is 5.86. The second-order valence-corrected chi connectivity index (χ2v) is 5.86. The summed E-state index contributed by atoms with van der Waals surface area (Å²) in [7, 11) is 0. The number of morpholine rings is 1. The first-order valence-electron chi connectivity index (χ1n) is 7.80. The van der Waals surface area contributed by atoms with E-state index in [1.165, 1.54) is 12.1 Å². The molecule has 124 valence electrons. The zero-order chi connectivity index (χ0) is 17.1. The van der Waals surface area contributed by atoms with Gasteiger partial charge >= 0.3 is 0 Å². The van der Waals surface area contributed by atoms with Crippen molar-refractivity contribution >= 4 is 18.0 Å². The third-order valence-electron chi connectivity index (χ3n) is 3.73. The minimum atomic E-state index is -0.284. The van der Waals surface area contributed by atoms with Crippen LogP contribution in [0.4, 0.5) is 10.3 Å². The smallest absolute Gasteiger partial charge is 0.235 e. The van der Waals surface area contributed by atoms with E-state index in [0.717, 1.165) is 5.56 Å². The third-order valence-corrected chi connectivity index (χ3v) is 3.73. The molecule has 0 radical (unpaired) electrons. The molecule has 6 heteroatoms. The number of ether oxygens (including phenoxy) is 1. The van der Waals surface area contributed by atoms with Gasteiger partial charge in [0.1, 0.15) is 11.9 Å². The zero-order valence-electron chi connectivity index (χ0n) is 13.6. The molecule has 2 heterocycles. The van der Waals surface area contributed by atoms with Crippen LogP contribution in [0.15, 0.2) is 28.7 Å². The molecule has 1 aliphatic rings. The van der Waals surface area contributed by atoms with Gasteiger partial charge in [0, 0.05) is 19.2 Å². The molecule has 1 aromatic carbocycles. The second kappa shape index (κ2) is 6.85. The highest BCUT2D eigenvalue weighted by molar-refractivity contribution is 5.67. The van der Waals surface area contributed by atoms with Crippen molar-refractivity contribution in [3.05, 3.63) is 47.2 Å². The molecule has 1 fully saturated rings. The lowest BCUT2D eigenvalue weighted by molar-refractivity contribution is -0.00642. The summed E-state index contributed by atoms with van der Waals surface area (Å²) in [5.74, 6) is 0.531. The van der Waals surface area contributed by atoms with Crippen molar-refractivity contribution in [1.82, 2.24) is 4.98 Å². The molecule has 0 saturated carbocycles. The standard InChI is InChI=1S/C18H18FN3O2/c1-12-10-22(11-13(2)23-12)18-16(9-20)21-17(24-18)8-5-14-3-6-15(19)7-4-14/h3-8,12-13H,10-11H2,1-2H3/b8-5+/t12-,13-/m1/s1. The Bertz CT molecular complexity index is 767. The summed E-state index contributed by atoms with van der Waals surface area (Å²) in [6.45, 7) is 5.27. The fourth-order valence-corrected chi connectivity index (χ4v) is 2.77. The SMILES string of the molecule is C[C@@H]1CN(c2oc(/C=C/c3ccc(F)cc3)nc2C#N)C[C@@H](C)O1. The molecule has 0 bridgehead atoms. The van der Waals surface area contributed by atoms with Gasteiger partial charge in [0.05, 0.1) is 12.2 Å². The van der Waals surface area contributed by atoms with Crippen molar-refractivity contribution in [2.24, 2.45) is 0 Å². The Morgan fingerprint density at radius 3 is 2.50 bits per heavy atom. The number of hydrogen-bond donors (Lipinski definition) is 0. The van der Waals surface area contributed by atoms with Gasteiger partial charge in [-0.1, -0.05) is 12.1 Å². The summed E-state index contributed by atoms with van der Waals surface area (Å²) in [6, 6.07) is 8.17. The normalized spacial score (nSPS) is 21.2. The number of hydrogen-bond acceptors (Lipinski definition) is 5. The Morgan fingerprint density at radius 2 is 1.88 bits per heavy atom. The molecule has 1 saturated heterocycles. The van der Waals surface area contributed by atoms with Gasteiger partial charge in [-0.2, -0.15) is 10.2 Å². The number of halogens is 1. The van der Waals surface area contributed by atoms with Crippen LogP contribution in [0.3, 0.4) is 0 Å². The molecule has 24 heavy (non-hydrogen) atoms. The molecule has 0 spiro atoms.